The number of halogens is 2. The van der Waals surface area contributed by atoms with Gasteiger partial charge in [0.25, 0.3) is 0 Å². The largest absolute Gasteiger partial charge is 0.445 e. The second-order valence-corrected chi connectivity index (χ2v) is 4.53. The summed E-state index contributed by atoms with van der Waals surface area (Å²) in [5.74, 6) is -0.613. The molecule has 1 heterocycles. The Labute approximate surface area is 123 Å². The molecule has 0 aliphatic carbocycles. The number of hydrogen-bond donors (Lipinski definition) is 0. The van der Waals surface area contributed by atoms with Gasteiger partial charge in [-0.2, -0.15) is 5.26 Å². The molecule has 4 nitrogen and oxygen atoms in total. The number of alkyl halides is 1. The topological polar surface area (TPSA) is 53.3 Å². The molecular weight excluding hydrogens is 283 g/mol. The third-order valence-electron chi connectivity index (χ3n) is 3.17. The highest BCUT2D eigenvalue weighted by Crippen LogP contribution is 2.20. The molecule has 1 aliphatic rings. The molecule has 1 aromatic rings. The fourth-order valence-corrected chi connectivity index (χ4v) is 2.03. The van der Waals surface area contributed by atoms with Crippen LogP contribution in [0, 0.1) is 17.2 Å². The molecule has 0 N–H and O–H groups in total. The number of likely N-dealkylation sites (tertiary alicyclic amines) is 1. The zero-order chi connectivity index (χ0) is 13.7. The van der Waals surface area contributed by atoms with Gasteiger partial charge in [-0.15, -0.1) is 12.4 Å². The molecule has 0 bridgehead atoms. The van der Waals surface area contributed by atoms with Crippen LogP contribution in [0.4, 0.5) is 9.18 Å². The average molecular weight is 299 g/mol. The van der Waals surface area contributed by atoms with Crippen LogP contribution in [-0.2, 0) is 11.3 Å². The molecule has 0 radical (unpaired) electrons. The van der Waals surface area contributed by atoms with Crippen LogP contribution in [0.1, 0.15) is 12.0 Å². The lowest BCUT2D eigenvalue weighted by Crippen LogP contribution is -2.44. The van der Waals surface area contributed by atoms with Crippen LogP contribution in [0.25, 0.3) is 0 Å². The molecule has 1 aromatic carbocycles. The summed E-state index contributed by atoms with van der Waals surface area (Å²) in [4.78, 5) is 13.1. The first-order chi connectivity index (χ1) is 9.20. The minimum absolute atomic E-state index is 0. The monoisotopic (exact) mass is 298 g/mol. The van der Waals surface area contributed by atoms with Crippen molar-refractivity contribution in [3.8, 4) is 6.07 Å². The Morgan fingerprint density at radius 2 is 2.15 bits per heavy atom. The van der Waals surface area contributed by atoms with Gasteiger partial charge in [-0.05, 0) is 12.0 Å². The molecule has 2 atom stereocenters. The minimum Gasteiger partial charge on any atom is -0.445 e. The summed E-state index contributed by atoms with van der Waals surface area (Å²) in [6, 6.07) is 11.2. The van der Waals surface area contributed by atoms with Gasteiger partial charge >= 0.3 is 6.09 Å². The Kier molecular flexibility index (Phi) is 6.26. The number of piperidine rings is 1. The fourth-order valence-electron chi connectivity index (χ4n) is 2.03. The maximum absolute atomic E-state index is 13.6. The van der Waals surface area contributed by atoms with Crippen LogP contribution in [-0.4, -0.2) is 30.3 Å². The molecule has 6 heteroatoms. The zero-order valence-corrected chi connectivity index (χ0v) is 11.7. The second kappa shape index (κ2) is 7.71. The minimum atomic E-state index is -1.29. The predicted molar refractivity (Wildman–Crippen MR) is 74.1 cm³/mol. The molecular formula is C14H16ClFN2O2. The van der Waals surface area contributed by atoms with Crippen LogP contribution in [0.2, 0.25) is 0 Å². The van der Waals surface area contributed by atoms with E-state index in [1.165, 1.54) is 4.90 Å². The third-order valence-corrected chi connectivity index (χ3v) is 3.17. The van der Waals surface area contributed by atoms with E-state index >= 15 is 0 Å². The van der Waals surface area contributed by atoms with E-state index < -0.39 is 18.2 Å². The van der Waals surface area contributed by atoms with Gasteiger partial charge < -0.3 is 9.64 Å². The maximum Gasteiger partial charge on any atom is 0.410 e. The van der Waals surface area contributed by atoms with E-state index in [0.29, 0.717) is 13.0 Å². The van der Waals surface area contributed by atoms with Crippen LogP contribution in [0.15, 0.2) is 30.3 Å². The van der Waals surface area contributed by atoms with Gasteiger partial charge in [0.15, 0.2) is 0 Å². The first kappa shape index (κ1) is 16.3. The maximum atomic E-state index is 13.6. The van der Waals surface area contributed by atoms with Gasteiger partial charge in [0.2, 0.25) is 0 Å². The van der Waals surface area contributed by atoms with Gasteiger partial charge in [0, 0.05) is 6.54 Å². The summed E-state index contributed by atoms with van der Waals surface area (Å²) >= 11 is 0. The van der Waals surface area contributed by atoms with E-state index in [2.05, 4.69) is 0 Å². The Balaban J connectivity index is 0.00000200. The van der Waals surface area contributed by atoms with Gasteiger partial charge in [-0.1, -0.05) is 30.3 Å². The standard InChI is InChI=1S/C14H15FN2O2.ClH/c15-13-9-17(7-6-12(13)8-16)14(18)19-10-11-4-2-1-3-5-11;/h1-5,12-13H,6-7,9-10H2;1H. The van der Waals surface area contributed by atoms with E-state index in [0.717, 1.165) is 5.56 Å². The van der Waals surface area contributed by atoms with Crippen molar-refractivity contribution in [2.45, 2.75) is 19.2 Å². The molecule has 20 heavy (non-hydrogen) atoms. The van der Waals surface area contributed by atoms with Crippen molar-refractivity contribution in [2.75, 3.05) is 13.1 Å². The van der Waals surface area contributed by atoms with Crippen molar-refractivity contribution < 1.29 is 13.9 Å². The van der Waals surface area contributed by atoms with Gasteiger partial charge in [-0.3, -0.25) is 0 Å². The highest BCUT2D eigenvalue weighted by Gasteiger charge is 2.32. The first-order valence-electron chi connectivity index (χ1n) is 6.20. The molecule has 0 spiro atoms. The van der Waals surface area contributed by atoms with Crippen LogP contribution < -0.4 is 0 Å². The highest BCUT2D eigenvalue weighted by molar-refractivity contribution is 5.85. The van der Waals surface area contributed by atoms with E-state index in [1.807, 2.05) is 36.4 Å². The molecule has 1 saturated heterocycles. The number of nitrogens with zero attached hydrogens (tertiary/aromatic N) is 2. The fraction of sp³-hybridized carbons (Fsp3) is 0.429. The molecule has 0 saturated carbocycles. The van der Waals surface area contributed by atoms with Crippen molar-refractivity contribution in [3.05, 3.63) is 35.9 Å². The lowest BCUT2D eigenvalue weighted by atomic mass is 9.97. The van der Waals surface area contributed by atoms with E-state index in [4.69, 9.17) is 10.00 Å². The summed E-state index contributed by atoms with van der Waals surface area (Å²) < 4.78 is 18.7. The number of hydrogen-bond acceptors (Lipinski definition) is 3. The number of carbonyl (C=O) groups is 1. The smallest absolute Gasteiger partial charge is 0.410 e. The second-order valence-electron chi connectivity index (χ2n) is 4.53. The van der Waals surface area contributed by atoms with Gasteiger partial charge in [-0.25, -0.2) is 9.18 Å². The summed E-state index contributed by atoms with van der Waals surface area (Å²) in [5, 5.41) is 8.71. The van der Waals surface area contributed by atoms with Crippen molar-refractivity contribution in [1.82, 2.24) is 4.90 Å². The summed E-state index contributed by atoms with van der Waals surface area (Å²) in [7, 11) is 0. The molecule has 1 aliphatic heterocycles. The number of carbonyl (C=O) groups excluding carboxylic acids is 1. The van der Waals surface area contributed by atoms with Crippen molar-refractivity contribution in [1.29, 1.82) is 5.26 Å². The molecule has 2 unspecified atom stereocenters. The zero-order valence-electron chi connectivity index (χ0n) is 10.9. The lowest BCUT2D eigenvalue weighted by Gasteiger charge is -2.30. The summed E-state index contributed by atoms with van der Waals surface area (Å²) in [6.45, 7) is 0.479. The third kappa shape index (κ3) is 4.10. The highest BCUT2D eigenvalue weighted by atomic mass is 35.5. The molecule has 1 amide bonds. The molecule has 1 fully saturated rings. The van der Waals surface area contributed by atoms with Crippen molar-refractivity contribution in [2.24, 2.45) is 5.92 Å². The normalized spacial score (nSPS) is 21.5. The number of rotatable bonds is 2. The van der Waals surface area contributed by atoms with E-state index in [9.17, 15) is 9.18 Å². The summed E-state index contributed by atoms with van der Waals surface area (Å²) in [6.07, 6.45) is -1.45. The van der Waals surface area contributed by atoms with Crippen molar-refractivity contribution >= 4 is 18.5 Å². The Morgan fingerprint density at radius 1 is 1.45 bits per heavy atom. The Bertz CT molecular complexity index is 478. The van der Waals surface area contributed by atoms with Crippen LogP contribution >= 0.6 is 12.4 Å². The number of amides is 1. The predicted octanol–water partition coefficient (Wildman–Crippen LogP) is 2.93. The van der Waals surface area contributed by atoms with E-state index in [-0.39, 0.29) is 25.6 Å². The number of nitriles is 1. The summed E-state index contributed by atoms with van der Waals surface area (Å²) in [5.41, 5.74) is 0.888. The van der Waals surface area contributed by atoms with Crippen molar-refractivity contribution in [3.63, 3.8) is 0 Å². The Morgan fingerprint density at radius 3 is 2.75 bits per heavy atom. The van der Waals surface area contributed by atoms with Gasteiger partial charge in [0.05, 0.1) is 18.5 Å². The lowest BCUT2D eigenvalue weighted by molar-refractivity contribution is 0.0617. The van der Waals surface area contributed by atoms with Crippen LogP contribution in [0.5, 0.6) is 0 Å². The molecule has 108 valence electrons. The van der Waals surface area contributed by atoms with Gasteiger partial charge in [0.1, 0.15) is 12.8 Å². The number of benzene rings is 1. The quantitative estimate of drug-likeness (QED) is 0.843. The number of ether oxygens (including phenoxy) is 1. The molecule has 2 rings (SSSR count). The van der Waals surface area contributed by atoms with E-state index in [1.54, 1.807) is 0 Å². The van der Waals surface area contributed by atoms with Crippen LogP contribution in [0.3, 0.4) is 0 Å². The SMILES string of the molecule is Cl.N#CC1CCN(C(=O)OCc2ccccc2)CC1F. The Hall–Kier alpha value is -1.80. The molecule has 0 aromatic heterocycles. The average Bonchev–Trinajstić information content (AvgIpc) is 2.45. The first-order valence-corrected chi connectivity index (χ1v) is 6.20.